The minimum atomic E-state index is -0.133. The Balaban J connectivity index is 1.39. The van der Waals surface area contributed by atoms with Crippen molar-refractivity contribution < 1.29 is 13.9 Å². The van der Waals surface area contributed by atoms with Gasteiger partial charge in [0.25, 0.3) is 5.91 Å². The van der Waals surface area contributed by atoms with Gasteiger partial charge in [-0.25, -0.2) is 4.98 Å². The van der Waals surface area contributed by atoms with E-state index in [1.165, 1.54) is 11.3 Å². The molecule has 0 fully saturated rings. The van der Waals surface area contributed by atoms with Gasteiger partial charge in [-0.2, -0.15) is 0 Å². The van der Waals surface area contributed by atoms with Crippen LogP contribution >= 0.6 is 11.3 Å². The van der Waals surface area contributed by atoms with Crippen molar-refractivity contribution >= 4 is 17.2 Å². The molecule has 0 atom stereocenters. The number of nitrogens with zero attached hydrogens (tertiary/aromatic N) is 2. The van der Waals surface area contributed by atoms with Gasteiger partial charge >= 0.3 is 0 Å². The van der Waals surface area contributed by atoms with E-state index in [0.717, 1.165) is 27.6 Å². The lowest BCUT2D eigenvalue weighted by Gasteiger charge is -2.13. The number of carbonyl (C=O) groups is 1. The highest BCUT2D eigenvalue weighted by molar-refractivity contribution is 7.13. The predicted octanol–water partition coefficient (Wildman–Crippen LogP) is 5.25. The first-order chi connectivity index (χ1) is 14.2. The summed E-state index contributed by atoms with van der Waals surface area (Å²) in [4.78, 5) is 18.7. The molecule has 1 amide bonds. The van der Waals surface area contributed by atoms with Crippen LogP contribution in [0.4, 0.5) is 0 Å². The van der Waals surface area contributed by atoms with Gasteiger partial charge < -0.3 is 14.1 Å². The van der Waals surface area contributed by atoms with Gasteiger partial charge in [0.05, 0.1) is 12.8 Å². The van der Waals surface area contributed by atoms with Crippen LogP contribution in [0.15, 0.2) is 82.8 Å². The number of benzene rings is 2. The van der Waals surface area contributed by atoms with Crippen molar-refractivity contribution in [2.75, 3.05) is 7.05 Å². The summed E-state index contributed by atoms with van der Waals surface area (Å²) < 4.78 is 11.1. The molecule has 0 aliphatic heterocycles. The predicted molar refractivity (Wildman–Crippen MR) is 113 cm³/mol. The minimum Gasteiger partial charge on any atom is -0.489 e. The van der Waals surface area contributed by atoms with Crippen LogP contribution in [0.3, 0.4) is 0 Å². The summed E-state index contributed by atoms with van der Waals surface area (Å²) in [6.45, 7) is 0.935. The van der Waals surface area contributed by atoms with E-state index in [9.17, 15) is 4.79 Å². The van der Waals surface area contributed by atoms with Crippen LogP contribution in [0.2, 0.25) is 0 Å². The number of hydrogen-bond acceptors (Lipinski definition) is 5. The number of amides is 1. The fraction of sp³-hybridized carbons (Fsp3) is 0.130. The quantitative estimate of drug-likeness (QED) is 0.422. The fourth-order valence-corrected chi connectivity index (χ4v) is 3.64. The second-order valence-corrected chi connectivity index (χ2v) is 7.44. The Bertz CT molecular complexity index is 1060. The van der Waals surface area contributed by atoms with Gasteiger partial charge in [-0.15, -0.1) is 11.3 Å². The van der Waals surface area contributed by atoms with Crippen LogP contribution in [-0.4, -0.2) is 22.8 Å². The lowest BCUT2D eigenvalue weighted by Crippen LogP contribution is -2.26. The molecule has 5 nitrogen and oxygen atoms in total. The molecule has 4 rings (SSSR count). The van der Waals surface area contributed by atoms with Crippen LogP contribution in [0, 0.1) is 0 Å². The molecule has 2 heterocycles. The van der Waals surface area contributed by atoms with Crippen molar-refractivity contribution in [3.63, 3.8) is 0 Å². The number of carbonyl (C=O) groups excluding carboxylic acids is 1. The van der Waals surface area contributed by atoms with Crippen molar-refractivity contribution in [2.45, 2.75) is 13.2 Å². The molecule has 6 heteroatoms. The molecule has 0 bridgehead atoms. The molecule has 0 unspecified atom stereocenters. The second-order valence-electron chi connectivity index (χ2n) is 6.58. The van der Waals surface area contributed by atoms with Crippen LogP contribution in [0.25, 0.3) is 10.6 Å². The normalized spacial score (nSPS) is 10.7. The molecule has 4 aromatic rings. The van der Waals surface area contributed by atoms with Crippen molar-refractivity contribution in [2.24, 2.45) is 0 Å². The summed E-state index contributed by atoms with van der Waals surface area (Å²) in [5.74, 6) is 1.40. The van der Waals surface area contributed by atoms with Crippen LogP contribution in [-0.2, 0) is 13.2 Å². The Kier molecular flexibility index (Phi) is 5.72. The zero-order valence-electron chi connectivity index (χ0n) is 15.9. The van der Waals surface area contributed by atoms with E-state index in [1.54, 1.807) is 23.6 Å². The van der Waals surface area contributed by atoms with Crippen LogP contribution in [0.1, 0.15) is 21.8 Å². The zero-order valence-corrected chi connectivity index (χ0v) is 16.8. The molecule has 2 aromatic heterocycles. The van der Waals surface area contributed by atoms with Crippen LogP contribution < -0.4 is 4.74 Å². The van der Waals surface area contributed by atoms with Gasteiger partial charge in [0, 0.05) is 18.0 Å². The molecule has 0 spiro atoms. The van der Waals surface area contributed by atoms with E-state index < -0.39 is 0 Å². The van der Waals surface area contributed by atoms with Crippen molar-refractivity contribution in [3.05, 3.63) is 95.4 Å². The largest absolute Gasteiger partial charge is 0.489 e. The molecule has 146 valence electrons. The Labute approximate surface area is 173 Å². The molecule has 0 N–H and O–H groups in total. The van der Waals surface area contributed by atoms with Gasteiger partial charge in [0.15, 0.2) is 0 Å². The van der Waals surface area contributed by atoms with Crippen LogP contribution in [0.5, 0.6) is 5.75 Å². The number of aromatic nitrogens is 1. The summed E-state index contributed by atoms with van der Waals surface area (Å²) >= 11 is 1.45. The van der Waals surface area contributed by atoms with E-state index in [1.807, 2.05) is 66.7 Å². The summed E-state index contributed by atoms with van der Waals surface area (Å²) in [5.41, 5.74) is 2.51. The van der Waals surface area contributed by atoms with E-state index >= 15 is 0 Å². The average molecular weight is 404 g/mol. The van der Waals surface area contributed by atoms with Gasteiger partial charge in [-0.1, -0.05) is 30.3 Å². The number of rotatable bonds is 7. The number of hydrogen-bond donors (Lipinski definition) is 0. The molecule has 0 saturated heterocycles. The van der Waals surface area contributed by atoms with E-state index in [2.05, 4.69) is 4.98 Å². The Morgan fingerprint density at radius 2 is 1.86 bits per heavy atom. The maximum atomic E-state index is 12.6. The first-order valence-electron chi connectivity index (χ1n) is 9.19. The molecule has 0 aliphatic rings. The van der Waals surface area contributed by atoms with Crippen molar-refractivity contribution in [1.29, 1.82) is 0 Å². The second kappa shape index (κ2) is 8.75. The number of furan rings is 1. The highest BCUT2D eigenvalue weighted by Crippen LogP contribution is 2.26. The molecule has 2 aromatic carbocycles. The van der Waals surface area contributed by atoms with Gasteiger partial charge in [0.2, 0.25) is 0 Å². The first-order valence-corrected chi connectivity index (χ1v) is 10.1. The summed E-state index contributed by atoms with van der Waals surface area (Å²) in [6, 6.07) is 21.5. The average Bonchev–Trinajstić information content (AvgIpc) is 3.45. The van der Waals surface area contributed by atoms with Crippen molar-refractivity contribution in [1.82, 2.24) is 9.88 Å². The third kappa shape index (κ3) is 4.73. The molecular weight excluding hydrogens is 384 g/mol. The molecular formula is C23H20N2O3S. The highest BCUT2D eigenvalue weighted by Gasteiger charge is 2.17. The Hall–Kier alpha value is -3.38. The fourth-order valence-electron chi connectivity index (χ4n) is 2.84. The standard InChI is InChI=1S/C23H20N2O3S/c1-25(14-20-8-5-13-27-20)23(26)21-16-29-22(24-21)18-9-11-19(12-10-18)28-15-17-6-3-2-4-7-17/h2-13,16H,14-15H2,1H3. The smallest absolute Gasteiger partial charge is 0.273 e. The number of thiazole rings is 1. The van der Waals surface area contributed by atoms with Crippen molar-refractivity contribution in [3.8, 4) is 16.3 Å². The topological polar surface area (TPSA) is 55.6 Å². The Morgan fingerprint density at radius 3 is 2.59 bits per heavy atom. The molecule has 0 saturated carbocycles. The minimum absolute atomic E-state index is 0.133. The van der Waals surface area contributed by atoms with E-state index in [-0.39, 0.29) is 5.91 Å². The molecule has 0 aliphatic carbocycles. The number of ether oxygens (including phenoxy) is 1. The summed E-state index contributed by atoms with van der Waals surface area (Å²) in [5, 5.41) is 2.59. The third-order valence-electron chi connectivity index (χ3n) is 4.39. The lowest BCUT2D eigenvalue weighted by molar-refractivity contribution is 0.0770. The highest BCUT2D eigenvalue weighted by atomic mass is 32.1. The van der Waals surface area contributed by atoms with E-state index in [0.29, 0.717) is 18.8 Å². The SMILES string of the molecule is CN(Cc1ccco1)C(=O)c1csc(-c2ccc(OCc3ccccc3)cc2)n1. The van der Waals surface area contributed by atoms with Gasteiger partial charge in [-0.05, 0) is 42.0 Å². The van der Waals surface area contributed by atoms with E-state index in [4.69, 9.17) is 9.15 Å². The maximum absolute atomic E-state index is 12.6. The zero-order chi connectivity index (χ0) is 20.1. The molecule has 29 heavy (non-hydrogen) atoms. The maximum Gasteiger partial charge on any atom is 0.273 e. The Morgan fingerprint density at radius 1 is 1.07 bits per heavy atom. The van der Waals surface area contributed by atoms with Gasteiger partial charge in [0.1, 0.15) is 28.8 Å². The summed E-state index contributed by atoms with van der Waals surface area (Å²) in [7, 11) is 1.74. The monoisotopic (exact) mass is 404 g/mol. The summed E-state index contributed by atoms with van der Waals surface area (Å²) in [6.07, 6.45) is 1.60. The third-order valence-corrected chi connectivity index (χ3v) is 5.28. The molecule has 0 radical (unpaired) electrons. The lowest BCUT2D eigenvalue weighted by atomic mass is 10.2. The van der Waals surface area contributed by atoms with Gasteiger partial charge in [-0.3, -0.25) is 4.79 Å². The first kappa shape index (κ1) is 19.0.